The van der Waals surface area contributed by atoms with Gasteiger partial charge >= 0.3 is 0 Å². The third-order valence-electron chi connectivity index (χ3n) is 7.65. The minimum absolute atomic E-state index is 0.0366. The van der Waals surface area contributed by atoms with Gasteiger partial charge in [-0.05, 0) is 50.2 Å². The molecule has 1 saturated carbocycles. The van der Waals surface area contributed by atoms with Crippen molar-refractivity contribution >= 4 is 69.5 Å². The van der Waals surface area contributed by atoms with Crippen molar-refractivity contribution in [1.29, 1.82) is 0 Å². The number of carbonyl (C=O) groups excluding carboxylic acids is 1. The topological polar surface area (TPSA) is 120 Å². The van der Waals surface area contributed by atoms with Crippen molar-refractivity contribution in [1.82, 2.24) is 19.5 Å². The van der Waals surface area contributed by atoms with Gasteiger partial charge in [-0.2, -0.15) is 4.98 Å². The van der Waals surface area contributed by atoms with Crippen molar-refractivity contribution < 1.29 is 9.53 Å². The molecule has 0 spiro atoms. The summed E-state index contributed by atoms with van der Waals surface area (Å²) < 4.78 is 7.64. The van der Waals surface area contributed by atoms with Crippen LogP contribution in [0.5, 0.6) is 0 Å². The Kier molecular flexibility index (Phi) is 7.42. The number of imidazole rings is 1. The number of anilines is 3. The highest BCUT2D eigenvalue weighted by Gasteiger charge is 2.38. The second-order valence-corrected chi connectivity index (χ2v) is 11.6. The maximum atomic E-state index is 12.1. The van der Waals surface area contributed by atoms with Crippen LogP contribution in [0.15, 0.2) is 18.3 Å². The van der Waals surface area contributed by atoms with E-state index in [2.05, 4.69) is 27.1 Å². The van der Waals surface area contributed by atoms with E-state index in [1.54, 1.807) is 18.3 Å². The highest BCUT2D eigenvalue weighted by molar-refractivity contribution is 6.41. The monoisotopic (exact) mass is 565 g/mol. The number of aromatic nitrogens is 4. The van der Waals surface area contributed by atoms with Crippen LogP contribution in [0.2, 0.25) is 15.1 Å². The molecule has 1 aromatic carbocycles. The zero-order valence-electron chi connectivity index (χ0n) is 20.7. The van der Waals surface area contributed by atoms with Crippen LogP contribution in [0.3, 0.4) is 0 Å². The van der Waals surface area contributed by atoms with Crippen molar-refractivity contribution in [3.05, 3.63) is 33.4 Å². The minimum atomic E-state index is -0.524. The maximum Gasteiger partial charge on any atom is 0.224 e. The first-order valence-corrected chi connectivity index (χ1v) is 13.6. The SMILES string of the molecule is C[C@@H]1COCC[C@H]1Nc1ncc2nc(Nc3c(Cl)cc(Cl)cc3Cl)n([C@H]3CC[C@@](C)(C(N)=O)CC3)c2n1. The number of nitrogens with zero attached hydrogens (tertiary/aromatic N) is 4. The van der Waals surface area contributed by atoms with Crippen LogP contribution in [0.1, 0.15) is 52.0 Å². The van der Waals surface area contributed by atoms with Crippen LogP contribution in [0.4, 0.5) is 17.6 Å². The third-order valence-corrected chi connectivity index (χ3v) is 8.46. The van der Waals surface area contributed by atoms with E-state index in [1.807, 2.05) is 6.92 Å². The molecule has 3 heterocycles. The van der Waals surface area contributed by atoms with Crippen molar-refractivity contribution in [2.75, 3.05) is 23.8 Å². The van der Waals surface area contributed by atoms with Crippen molar-refractivity contribution in [2.45, 2.75) is 58.0 Å². The van der Waals surface area contributed by atoms with E-state index in [0.29, 0.717) is 75.8 Å². The Morgan fingerprint density at radius 1 is 1.16 bits per heavy atom. The Morgan fingerprint density at radius 2 is 1.86 bits per heavy atom. The van der Waals surface area contributed by atoms with Gasteiger partial charge < -0.3 is 21.1 Å². The largest absolute Gasteiger partial charge is 0.381 e. The normalized spacial score (nSPS) is 26.2. The molecule has 0 bridgehead atoms. The number of nitrogens with one attached hydrogen (secondary N) is 2. The van der Waals surface area contributed by atoms with E-state index < -0.39 is 5.41 Å². The number of hydrogen-bond donors (Lipinski definition) is 3. The summed E-state index contributed by atoms with van der Waals surface area (Å²) in [6.07, 6.45) is 5.43. The summed E-state index contributed by atoms with van der Waals surface area (Å²) in [6.45, 7) is 5.50. The molecule has 12 heteroatoms. The van der Waals surface area contributed by atoms with Crippen molar-refractivity contribution in [3.8, 4) is 0 Å². The predicted molar refractivity (Wildman–Crippen MR) is 147 cm³/mol. The molecule has 2 fully saturated rings. The zero-order chi connectivity index (χ0) is 26.3. The van der Waals surface area contributed by atoms with E-state index in [1.165, 1.54) is 0 Å². The van der Waals surface area contributed by atoms with Gasteiger partial charge in [0.15, 0.2) is 5.65 Å². The van der Waals surface area contributed by atoms with Gasteiger partial charge in [0.25, 0.3) is 0 Å². The Morgan fingerprint density at radius 3 is 2.51 bits per heavy atom. The molecule has 1 amide bonds. The molecule has 9 nitrogen and oxygen atoms in total. The van der Waals surface area contributed by atoms with Crippen LogP contribution in [-0.4, -0.2) is 44.7 Å². The lowest BCUT2D eigenvalue weighted by atomic mass is 9.73. The van der Waals surface area contributed by atoms with Crippen LogP contribution < -0.4 is 16.4 Å². The third kappa shape index (κ3) is 5.32. The smallest absolute Gasteiger partial charge is 0.224 e. The van der Waals surface area contributed by atoms with E-state index in [9.17, 15) is 4.79 Å². The van der Waals surface area contributed by atoms with E-state index in [4.69, 9.17) is 55.2 Å². The van der Waals surface area contributed by atoms with Crippen LogP contribution in [-0.2, 0) is 9.53 Å². The lowest BCUT2D eigenvalue weighted by Gasteiger charge is -2.35. The molecule has 4 N–H and O–H groups in total. The number of carbonyl (C=O) groups is 1. The van der Waals surface area contributed by atoms with E-state index in [-0.39, 0.29) is 18.0 Å². The molecule has 0 unspecified atom stereocenters. The van der Waals surface area contributed by atoms with E-state index in [0.717, 1.165) is 19.3 Å². The molecule has 2 aliphatic rings. The molecule has 1 saturated heterocycles. The number of hydrogen-bond acceptors (Lipinski definition) is 7. The first-order valence-electron chi connectivity index (χ1n) is 12.5. The number of amides is 1. The summed E-state index contributed by atoms with van der Waals surface area (Å²) >= 11 is 19.1. The Balaban J connectivity index is 1.54. The first kappa shape index (κ1) is 26.3. The molecular weight excluding hydrogens is 537 g/mol. The Hall–Kier alpha value is -2.33. The van der Waals surface area contributed by atoms with E-state index >= 15 is 0 Å². The average Bonchev–Trinajstić information content (AvgIpc) is 3.20. The number of nitrogens with two attached hydrogens (primary N) is 1. The fraction of sp³-hybridized carbons (Fsp3) is 0.520. The second kappa shape index (κ2) is 10.4. The van der Waals surface area contributed by atoms with Crippen molar-refractivity contribution in [3.63, 3.8) is 0 Å². The molecule has 1 aliphatic heterocycles. The number of benzene rings is 1. The summed E-state index contributed by atoms with van der Waals surface area (Å²) in [5, 5.41) is 7.99. The van der Waals surface area contributed by atoms with Gasteiger partial charge in [-0.1, -0.05) is 48.7 Å². The second-order valence-electron chi connectivity index (χ2n) is 10.3. The number of halogens is 3. The van der Waals surface area contributed by atoms with Gasteiger partial charge in [0.1, 0.15) is 5.52 Å². The van der Waals surface area contributed by atoms with Crippen LogP contribution in [0, 0.1) is 11.3 Å². The van der Waals surface area contributed by atoms with Crippen molar-refractivity contribution in [2.24, 2.45) is 17.1 Å². The molecule has 1 aliphatic carbocycles. The molecule has 2 aromatic heterocycles. The van der Waals surface area contributed by atoms with Gasteiger partial charge in [0, 0.05) is 29.1 Å². The number of ether oxygens (including phenoxy) is 1. The summed E-state index contributed by atoms with van der Waals surface area (Å²) in [7, 11) is 0. The highest BCUT2D eigenvalue weighted by Crippen LogP contribution is 2.44. The Labute approximate surface area is 230 Å². The summed E-state index contributed by atoms with van der Waals surface area (Å²) in [5.74, 6) is 1.16. The molecular formula is C25H30Cl3N7O2. The molecule has 2 atom stereocenters. The fourth-order valence-electron chi connectivity index (χ4n) is 5.17. The van der Waals surface area contributed by atoms with Crippen LogP contribution in [0.25, 0.3) is 11.2 Å². The maximum absolute atomic E-state index is 12.1. The molecule has 37 heavy (non-hydrogen) atoms. The minimum Gasteiger partial charge on any atom is -0.381 e. The number of primary amides is 1. The average molecular weight is 567 g/mol. The predicted octanol–water partition coefficient (Wildman–Crippen LogP) is 5.97. The molecule has 198 valence electrons. The number of fused-ring (bicyclic) bond motifs is 1. The lowest BCUT2D eigenvalue weighted by Crippen LogP contribution is -2.38. The zero-order valence-corrected chi connectivity index (χ0v) is 23.0. The van der Waals surface area contributed by atoms with Gasteiger partial charge in [-0.15, -0.1) is 0 Å². The standard InChI is InChI=1S/C25H30Cl3N7O2/c1-13-12-37-8-5-18(13)31-23-30-11-19-21(34-23)35(15-3-6-25(2,7-4-15)22(29)36)24(32-19)33-20-16(27)9-14(26)10-17(20)28/h9-11,13,15,18H,3-8,12H2,1-2H3,(H2,29,36)(H,32,33)(H,30,31,34)/t13-,15-,18-,25+/m1/s1. The fourth-order valence-corrected chi connectivity index (χ4v) is 6.08. The summed E-state index contributed by atoms with van der Waals surface area (Å²) in [6, 6.07) is 3.51. The van der Waals surface area contributed by atoms with Gasteiger partial charge in [0.05, 0.1) is 28.5 Å². The first-order chi connectivity index (χ1) is 17.6. The quantitative estimate of drug-likeness (QED) is 0.336. The van der Waals surface area contributed by atoms with Gasteiger partial charge in [0.2, 0.25) is 17.8 Å². The van der Waals surface area contributed by atoms with Crippen LogP contribution >= 0.6 is 34.8 Å². The molecule has 0 radical (unpaired) electrons. The van der Waals surface area contributed by atoms with Gasteiger partial charge in [-0.3, -0.25) is 9.36 Å². The lowest BCUT2D eigenvalue weighted by molar-refractivity contribution is -0.128. The molecule has 5 rings (SSSR count). The molecule has 3 aromatic rings. The van der Waals surface area contributed by atoms with Gasteiger partial charge in [-0.25, -0.2) is 9.97 Å². The highest BCUT2D eigenvalue weighted by atomic mass is 35.5. The Bertz CT molecular complexity index is 1300. The summed E-state index contributed by atoms with van der Waals surface area (Å²) in [4.78, 5) is 26.3. The summed E-state index contributed by atoms with van der Waals surface area (Å²) in [5.41, 5.74) is 7.01. The number of rotatable bonds is 6.